The van der Waals surface area contributed by atoms with Gasteiger partial charge in [0.1, 0.15) is 12.4 Å². The van der Waals surface area contributed by atoms with E-state index in [2.05, 4.69) is 10.3 Å². The molecule has 1 heterocycles. The van der Waals surface area contributed by atoms with Gasteiger partial charge in [-0.3, -0.25) is 10.1 Å². The number of nitro groups is 1. The van der Waals surface area contributed by atoms with Crippen molar-refractivity contribution < 1.29 is 14.4 Å². The molecule has 1 aromatic carbocycles. The maximum absolute atomic E-state index is 10.9. The molecule has 0 bridgehead atoms. The number of benzene rings is 1. The van der Waals surface area contributed by atoms with Gasteiger partial charge in [-0.2, -0.15) is 0 Å². The van der Waals surface area contributed by atoms with E-state index in [1.165, 1.54) is 18.3 Å². The topological polar surface area (TPSA) is 86.5 Å². The summed E-state index contributed by atoms with van der Waals surface area (Å²) in [7, 11) is 1.58. The Hall–Kier alpha value is -2.38. The molecule has 8 heteroatoms. The lowest BCUT2D eigenvalue weighted by Gasteiger charge is -2.10. The highest BCUT2D eigenvalue weighted by Gasteiger charge is 2.14. The minimum Gasteiger partial charge on any atom is -0.490 e. The van der Waals surface area contributed by atoms with Crippen LogP contribution in [-0.2, 0) is 4.74 Å². The van der Waals surface area contributed by atoms with Gasteiger partial charge in [-0.15, -0.1) is 0 Å². The lowest BCUT2D eigenvalue weighted by atomic mass is 10.3. The van der Waals surface area contributed by atoms with Crippen molar-refractivity contribution in [2.45, 2.75) is 0 Å². The minimum atomic E-state index is -0.501. The van der Waals surface area contributed by atoms with E-state index >= 15 is 0 Å². The molecule has 0 spiro atoms. The molecule has 0 amide bonds. The molecule has 1 aromatic heterocycles. The average molecular weight is 324 g/mol. The van der Waals surface area contributed by atoms with Crippen LogP contribution in [0.2, 0.25) is 5.02 Å². The van der Waals surface area contributed by atoms with E-state index in [9.17, 15) is 10.1 Å². The summed E-state index contributed by atoms with van der Waals surface area (Å²) in [5.41, 5.74) is 0.463. The SMILES string of the molecule is COCCOc1ccc(Nc2ncccc2[N+](=O)[O-])cc1Cl. The smallest absolute Gasteiger partial charge is 0.311 e. The van der Waals surface area contributed by atoms with Crippen molar-refractivity contribution >= 4 is 28.8 Å². The summed E-state index contributed by atoms with van der Waals surface area (Å²) < 4.78 is 10.3. The summed E-state index contributed by atoms with van der Waals surface area (Å²) in [6.45, 7) is 0.838. The first-order valence-corrected chi connectivity index (χ1v) is 6.77. The number of hydrogen-bond donors (Lipinski definition) is 1. The molecule has 0 aliphatic rings. The summed E-state index contributed by atoms with van der Waals surface area (Å²) >= 11 is 6.12. The van der Waals surface area contributed by atoms with Crippen LogP contribution in [0.3, 0.4) is 0 Å². The van der Waals surface area contributed by atoms with Crippen LogP contribution in [0, 0.1) is 10.1 Å². The predicted molar refractivity (Wildman–Crippen MR) is 83.0 cm³/mol. The van der Waals surface area contributed by atoms with Gasteiger partial charge in [0.25, 0.3) is 0 Å². The second-order valence-electron chi connectivity index (χ2n) is 4.24. The standard InChI is InChI=1S/C14H14ClN3O4/c1-21-7-8-22-13-5-4-10(9-11(13)15)17-14-12(18(19)20)3-2-6-16-14/h2-6,9H,7-8H2,1H3,(H,16,17). The van der Waals surface area contributed by atoms with Crippen LogP contribution in [0.5, 0.6) is 5.75 Å². The number of aromatic nitrogens is 1. The van der Waals surface area contributed by atoms with Gasteiger partial charge < -0.3 is 14.8 Å². The van der Waals surface area contributed by atoms with Crippen molar-refractivity contribution in [1.82, 2.24) is 4.98 Å². The quantitative estimate of drug-likeness (QED) is 0.477. The van der Waals surface area contributed by atoms with Crippen LogP contribution in [0.1, 0.15) is 0 Å². The molecule has 2 rings (SSSR count). The van der Waals surface area contributed by atoms with E-state index in [-0.39, 0.29) is 11.5 Å². The number of rotatable bonds is 7. The minimum absolute atomic E-state index is 0.112. The van der Waals surface area contributed by atoms with Crippen molar-refractivity contribution in [1.29, 1.82) is 0 Å². The number of nitrogens with one attached hydrogen (secondary N) is 1. The molecule has 0 atom stereocenters. The first-order chi connectivity index (χ1) is 10.6. The number of halogens is 1. The van der Waals surface area contributed by atoms with Gasteiger partial charge in [0.15, 0.2) is 0 Å². The summed E-state index contributed by atoms with van der Waals surface area (Å²) in [6.07, 6.45) is 1.47. The molecule has 1 N–H and O–H groups in total. The maximum atomic E-state index is 10.9. The van der Waals surface area contributed by atoms with E-state index in [0.717, 1.165) is 0 Å². The van der Waals surface area contributed by atoms with E-state index in [1.54, 1.807) is 25.3 Å². The van der Waals surface area contributed by atoms with Gasteiger partial charge in [0.05, 0.1) is 16.6 Å². The third kappa shape index (κ3) is 4.06. The van der Waals surface area contributed by atoms with E-state index < -0.39 is 4.92 Å². The van der Waals surface area contributed by atoms with Gasteiger partial charge in [0, 0.05) is 25.1 Å². The lowest BCUT2D eigenvalue weighted by molar-refractivity contribution is -0.384. The zero-order valence-corrected chi connectivity index (χ0v) is 12.5. The highest BCUT2D eigenvalue weighted by atomic mass is 35.5. The zero-order chi connectivity index (χ0) is 15.9. The first kappa shape index (κ1) is 16.0. The summed E-state index contributed by atoms with van der Waals surface area (Å²) in [4.78, 5) is 14.4. The third-order valence-electron chi connectivity index (χ3n) is 2.72. The lowest BCUT2D eigenvalue weighted by Crippen LogP contribution is -2.04. The Balaban J connectivity index is 2.14. The van der Waals surface area contributed by atoms with Crippen molar-refractivity contribution in [3.05, 3.63) is 51.7 Å². The van der Waals surface area contributed by atoms with Crippen molar-refractivity contribution in [2.75, 3.05) is 25.6 Å². The number of anilines is 2. The molecule has 0 aliphatic carbocycles. The van der Waals surface area contributed by atoms with E-state index in [0.29, 0.717) is 29.7 Å². The van der Waals surface area contributed by atoms with Crippen molar-refractivity contribution in [3.8, 4) is 5.75 Å². The van der Waals surface area contributed by atoms with Gasteiger partial charge in [-0.25, -0.2) is 4.98 Å². The van der Waals surface area contributed by atoms with Crippen LogP contribution in [0.25, 0.3) is 0 Å². The van der Waals surface area contributed by atoms with Gasteiger partial charge in [-0.05, 0) is 24.3 Å². The number of nitrogens with zero attached hydrogens (tertiary/aromatic N) is 2. The van der Waals surface area contributed by atoms with Crippen LogP contribution < -0.4 is 10.1 Å². The summed E-state index contributed by atoms with van der Waals surface area (Å²) in [6, 6.07) is 7.87. The van der Waals surface area contributed by atoms with Gasteiger partial charge >= 0.3 is 5.69 Å². The normalized spacial score (nSPS) is 10.3. The molecule has 0 fully saturated rings. The Bertz CT molecular complexity index is 666. The second-order valence-corrected chi connectivity index (χ2v) is 4.65. The maximum Gasteiger partial charge on any atom is 0.311 e. The largest absolute Gasteiger partial charge is 0.490 e. The number of pyridine rings is 1. The fourth-order valence-electron chi connectivity index (χ4n) is 1.71. The summed E-state index contributed by atoms with van der Waals surface area (Å²) in [5.74, 6) is 0.663. The molecular weight excluding hydrogens is 310 g/mol. The molecule has 2 aromatic rings. The second kappa shape index (κ2) is 7.58. The predicted octanol–water partition coefficient (Wildman–Crippen LogP) is 3.41. The van der Waals surface area contributed by atoms with Crippen LogP contribution in [0.15, 0.2) is 36.5 Å². The number of methoxy groups -OCH3 is 1. The molecule has 116 valence electrons. The third-order valence-corrected chi connectivity index (χ3v) is 3.02. The molecule has 7 nitrogen and oxygen atoms in total. The molecule has 22 heavy (non-hydrogen) atoms. The monoisotopic (exact) mass is 323 g/mol. The van der Waals surface area contributed by atoms with Gasteiger partial charge in [-0.1, -0.05) is 11.6 Å². The number of hydrogen-bond acceptors (Lipinski definition) is 6. The fraction of sp³-hybridized carbons (Fsp3) is 0.214. The highest BCUT2D eigenvalue weighted by Crippen LogP contribution is 2.30. The molecule has 0 unspecified atom stereocenters. The molecule has 0 saturated carbocycles. The Morgan fingerprint density at radius 1 is 1.36 bits per heavy atom. The fourth-order valence-corrected chi connectivity index (χ4v) is 1.94. The highest BCUT2D eigenvalue weighted by molar-refractivity contribution is 6.32. The Kier molecular flexibility index (Phi) is 5.51. The Labute approximate surface area is 132 Å². The van der Waals surface area contributed by atoms with Crippen LogP contribution >= 0.6 is 11.6 Å². The van der Waals surface area contributed by atoms with Gasteiger partial charge in [0.2, 0.25) is 5.82 Å². The van der Waals surface area contributed by atoms with E-state index in [4.69, 9.17) is 21.1 Å². The average Bonchev–Trinajstić information content (AvgIpc) is 2.50. The first-order valence-electron chi connectivity index (χ1n) is 6.39. The van der Waals surface area contributed by atoms with Crippen molar-refractivity contribution in [2.24, 2.45) is 0 Å². The molecular formula is C14H14ClN3O4. The van der Waals surface area contributed by atoms with Crippen LogP contribution in [0.4, 0.5) is 17.2 Å². The molecule has 0 saturated heterocycles. The zero-order valence-electron chi connectivity index (χ0n) is 11.8. The molecule has 0 aliphatic heterocycles. The Morgan fingerprint density at radius 3 is 2.86 bits per heavy atom. The molecule has 0 radical (unpaired) electrons. The van der Waals surface area contributed by atoms with Crippen LogP contribution in [-0.4, -0.2) is 30.2 Å². The Morgan fingerprint density at radius 2 is 2.18 bits per heavy atom. The summed E-state index contributed by atoms with van der Waals surface area (Å²) in [5, 5.41) is 14.2. The number of ether oxygens (including phenoxy) is 2. The van der Waals surface area contributed by atoms with Crippen molar-refractivity contribution in [3.63, 3.8) is 0 Å². The van der Waals surface area contributed by atoms with E-state index in [1.807, 2.05) is 0 Å².